The largest absolute Gasteiger partial charge is 0.411 e. The van der Waals surface area contributed by atoms with Crippen molar-refractivity contribution >= 4 is 6.21 Å². The van der Waals surface area contributed by atoms with E-state index in [0.29, 0.717) is 6.42 Å². The van der Waals surface area contributed by atoms with Gasteiger partial charge in [-0.1, -0.05) is 5.16 Å². The molecule has 2 aromatic heterocycles. The number of aromatic nitrogens is 2. The summed E-state index contributed by atoms with van der Waals surface area (Å²) >= 11 is 0. The Morgan fingerprint density at radius 2 is 2.22 bits per heavy atom. The van der Waals surface area contributed by atoms with Crippen LogP contribution in [0.15, 0.2) is 41.8 Å². The van der Waals surface area contributed by atoms with Gasteiger partial charge in [0.15, 0.2) is 18.2 Å². The predicted molar refractivity (Wildman–Crippen MR) is 64.0 cm³/mol. The number of nitrogens with zero attached hydrogens (tertiary/aromatic N) is 2. The molecule has 0 unspecified atom stereocenters. The molecule has 2 rings (SSSR count). The van der Waals surface area contributed by atoms with Crippen LogP contribution in [0, 0.1) is 5.82 Å². The molecule has 0 aliphatic carbocycles. The molecule has 5 heteroatoms. The first-order valence-corrected chi connectivity index (χ1v) is 5.57. The Morgan fingerprint density at radius 3 is 2.94 bits per heavy atom. The number of hydrogen-bond acceptors (Lipinski definition) is 3. The van der Waals surface area contributed by atoms with E-state index in [1.165, 1.54) is 6.07 Å². The molecule has 2 aromatic rings. The number of hydrogen-bond donors (Lipinski definition) is 1. The van der Waals surface area contributed by atoms with Crippen molar-refractivity contribution in [1.82, 2.24) is 4.98 Å². The molecule has 0 saturated carbocycles. The van der Waals surface area contributed by atoms with Gasteiger partial charge >= 0.3 is 0 Å². The van der Waals surface area contributed by atoms with E-state index in [-0.39, 0.29) is 5.69 Å². The molecule has 4 nitrogen and oxygen atoms in total. The van der Waals surface area contributed by atoms with Crippen LogP contribution in [0.5, 0.6) is 0 Å². The van der Waals surface area contributed by atoms with Gasteiger partial charge in [0, 0.05) is 17.3 Å². The normalized spacial score (nSPS) is 10.9. The summed E-state index contributed by atoms with van der Waals surface area (Å²) in [5.41, 5.74) is 1.96. The first-order chi connectivity index (χ1) is 8.79. The first kappa shape index (κ1) is 12.2. The van der Waals surface area contributed by atoms with E-state index in [1.54, 1.807) is 6.07 Å². The SMILES string of the molecule is O/N=C/c1nc(CCc2ccc[nH+]c2)ccc1F. The minimum Gasteiger partial charge on any atom is -0.411 e. The number of H-pyrrole nitrogens is 1. The fourth-order valence-electron chi connectivity index (χ4n) is 1.64. The van der Waals surface area contributed by atoms with Crippen LogP contribution in [0.4, 0.5) is 4.39 Å². The van der Waals surface area contributed by atoms with Gasteiger partial charge in [0.05, 0.1) is 6.21 Å². The van der Waals surface area contributed by atoms with Gasteiger partial charge in [0.2, 0.25) is 0 Å². The van der Waals surface area contributed by atoms with Crippen LogP contribution in [-0.4, -0.2) is 16.4 Å². The Bertz CT molecular complexity index is 543. The molecule has 0 aliphatic rings. The van der Waals surface area contributed by atoms with E-state index in [9.17, 15) is 4.39 Å². The maximum absolute atomic E-state index is 13.2. The standard InChI is InChI=1S/C13H12FN3O/c14-12-6-5-11(17-13(12)9-16-18)4-3-10-2-1-7-15-8-10/h1-2,5-9,18H,3-4H2/p+1/b16-9+. The van der Waals surface area contributed by atoms with E-state index < -0.39 is 5.82 Å². The van der Waals surface area contributed by atoms with Gasteiger partial charge in [-0.3, -0.25) is 0 Å². The Balaban J connectivity index is 2.08. The van der Waals surface area contributed by atoms with Gasteiger partial charge in [-0.15, -0.1) is 0 Å². The monoisotopic (exact) mass is 246 g/mol. The van der Waals surface area contributed by atoms with Crippen LogP contribution in [-0.2, 0) is 12.8 Å². The minimum absolute atomic E-state index is 0.0506. The molecule has 0 fully saturated rings. The molecule has 92 valence electrons. The van der Waals surface area contributed by atoms with E-state index in [4.69, 9.17) is 5.21 Å². The number of oxime groups is 1. The summed E-state index contributed by atoms with van der Waals surface area (Å²) in [7, 11) is 0. The summed E-state index contributed by atoms with van der Waals surface area (Å²) < 4.78 is 13.2. The van der Waals surface area contributed by atoms with Crippen molar-refractivity contribution in [1.29, 1.82) is 0 Å². The second-order valence-corrected chi connectivity index (χ2v) is 3.83. The smallest absolute Gasteiger partial charge is 0.170 e. The molecular weight excluding hydrogens is 233 g/mol. The average molecular weight is 246 g/mol. The van der Waals surface area contributed by atoms with Gasteiger partial charge in [0.1, 0.15) is 5.69 Å². The molecule has 0 saturated heterocycles. The molecular formula is C13H13FN3O+. The molecule has 2 N–H and O–H groups in total. The number of aryl methyl sites for hydroxylation is 2. The highest BCUT2D eigenvalue weighted by Gasteiger charge is 2.04. The van der Waals surface area contributed by atoms with Gasteiger partial charge in [0.25, 0.3) is 0 Å². The van der Waals surface area contributed by atoms with Gasteiger partial charge in [-0.25, -0.2) is 14.4 Å². The van der Waals surface area contributed by atoms with Crippen molar-refractivity contribution in [2.24, 2.45) is 5.16 Å². The number of aromatic amines is 1. The van der Waals surface area contributed by atoms with Crippen molar-refractivity contribution in [2.75, 3.05) is 0 Å². The van der Waals surface area contributed by atoms with Crippen molar-refractivity contribution in [2.45, 2.75) is 12.8 Å². The third-order valence-corrected chi connectivity index (χ3v) is 2.55. The van der Waals surface area contributed by atoms with E-state index in [0.717, 1.165) is 23.9 Å². The average Bonchev–Trinajstić information content (AvgIpc) is 2.41. The minimum atomic E-state index is -0.496. The van der Waals surface area contributed by atoms with Gasteiger partial charge in [-0.2, -0.15) is 0 Å². The molecule has 18 heavy (non-hydrogen) atoms. The zero-order chi connectivity index (χ0) is 12.8. The van der Waals surface area contributed by atoms with Crippen LogP contribution in [0.1, 0.15) is 17.0 Å². The molecule has 2 heterocycles. The second-order valence-electron chi connectivity index (χ2n) is 3.83. The number of nitrogens with one attached hydrogen (secondary N) is 1. The van der Waals surface area contributed by atoms with Crippen molar-refractivity contribution < 1.29 is 14.6 Å². The molecule has 0 aromatic carbocycles. The predicted octanol–water partition coefficient (Wildman–Crippen LogP) is 1.63. The van der Waals surface area contributed by atoms with Crippen molar-refractivity contribution in [3.8, 4) is 0 Å². The summed E-state index contributed by atoms with van der Waals surface area (Å²) in [5.74, 6) is -0.496. The molecule has 0 radical (unpaired) electrons. The first-order valence-electron chi connectivity index (χ1n) is 5.57. The lowest BCUT2D eigenvalue weighted by Gasteiger charge is -2.02. The van der Waals surface area contributed by atoms with E-state index in [1.807, 2.05) is 24.5 Å². The maximum atomic E-state index is 13.2. The summed E-state index contributed by atoms with van der Waals surface area (Å²) in [6, 6.07) is 6.90. The number of pyridine rings is 2. The topological polar surface area (TPSA) is 59.6 Å². The van der Waals surface area contributed by atoms with E-state index >= 15 is 0 Å². The highest BCUT2D eigenvalue weighted by atomic mass is 19.1. The molecule has 0 aliphatic heterocycles. The molecule has 0 bridgehead atoms. The Labute approximate surface area is 104 Å². The number of halogens is 1. The molecule has 0 spiro atoms. The zero-order valence-corrected chi connectivity index (χ0v) is 9.68. The number of rotatable bonds is 4. The lowest BCUT2D eigenvalue weighted by Crippen LogP contribution is -2.04. The van der Waals surface area contributed by atoms with Crippen LogP contribution in [0.2, 0.25) is 0 Å². The van der Waals surface area contributed by atoms with Gasteiger partial charge < -0.3 is 5.21 Å². The fourth-order valence-corrected chi connectivity index (χ4v) is 1.64. The Morgan fingerprint density at radius 1 is 1.33 bits per heavy atom. The van der Waals surface area contributed by atoms with Crippen LogP contribution in [0.3, 0.4) is 0 Å². The van der Waals surface area contributed by atoms with Crippen LogP contribution >= 0.6 is 0 Å². The Hall–Kier alpha value is -2.30. The third kappa shape index (κ3) is 3.10. The lowest BCUT2D eigenvalue weighted by atomic mass is 10.1. The second kappa shape index (κ2) is 5.86. The highest BCUT2D eigenvalue weighted by Crippen LogP contribution is 2.07. The fraction of sp³-hybridized carbons (Fsp3) is 0.154. The summed E-state index contributed by atoms with van der Waals surface area (Å²) in [5, 5.41) is 11.2. The lowest BCUT2D eigenvalue weighted by molar-refractivity contribution is -0.378. The summed E-state index contributed by atoms with van der Waals surface area (Å²) in [6.07, 6.45) is 6.26. The Kier molecular flexibility index (Phi) is 3.96. The maximum Gasteiger partial charge on any atom is 0.170 e. The summed E-state index contributed by atoms with van der Waals surface area (Å²) in [4.78, 5) is 7.09. The third-order valence-electron chi connectivity index (χ3n) is 2.55. The van der Waals surface area contributed by atoms with E-state index in [2.05, 4.69) is 15.1 Å². The molecule has 0 atom stereocenters. The van der Waals surface area contributed by atoms with Crippen molar-refractivity contribution in [3.63, 3.8) is 0 Å². The summed E-state index contributed by atoms with van der Waals surface area (Å²) in [6.45, 7) is 0. The highest BCUT2D eigenvalue weighted by molar-refractivity contribution is 5.76. The quantitative estimate of drug-likeness (QED) is 0.506. The zero-order valence-electron chi connectivity index (χ0n) is 9.68. The van der Waals surface area contributed by atoms with Crippen LogP contribution in [0.25, 0.3) is 0 Å². The molecule has 0 amide bonds. The van der Waals surface area contributed by atoms with Gasteiger partial charge in [-0.05, 0) is 31.0 Å². The van der Waals surface area contributed by atoms with Crippen molar-refractivity contribution in [3.05, 3.63) is 59.4 Å². The van der Waals surface area contributed by atoms with Crippen LogP contribution < -0.4 is 4.98 Å².